The Morgan fingerprint density at radius 2 is 2.04 bits per heavy atom. The lowest BCUT2D eigenvalue weighted by Crippen LogP contribution is -2.31. The number of tetrazole rings is 1. The molecular weight excluding hydrogens is 310 g/mol. The van der Waals surface area contributed by atoms with Crippen molar-refractivity contribution in [2.45, 2.75) is 25.3 Å². The molecule has 8 heteroatoms. The number of fused-ring (bicyclic) bond motifs is 1. The van der Waals surface area contributed by atoms with Gasteiger partial charge in [0.1, 0.15) is 6.04 Å². The third kappa shape index (κ3) is 2.14. The summed E-state index contributed by atoms with van der Waals surface area (Å²) in [6.45, 7) is 0. The van der Waals surface area contributed by atoms with Crippen LogP contribution in [0.25, 0.3) is 0 Å². The summed E-state index contributed by atoms with van der Waals surface area (Å²) < 4.78 is 12.3. The van der Waals surface area contributed by atoms with Crippen LogP contribution in [-0.2, 0) is 4.79 Å². The van der Waals surface area contributed by atoms with Gasteiger partial charge in [-0.2, -0.15) is 4.68 Å². The number of ketones is 1. The maximum absolute atomic E-state index is 12.6. The SMILES string of the molecule is COc1ccc([C@@H]2C3=C(CCCC3=O)Nc3nnnn32)cc1OC. The molecule has 1 atom stereocenters. The Kier molecular flexibility index (Phi) is 3.44. The van der Waals surface area contributed by atoms with Crippen LogP contribution in [0.5, 0.6) is 11.5 Å². The topological polar surface area (TPSA) is 91.2 Å². The van der Waals surface area contributed by atoms with Gasteiger partial charge in [-0.05, 0) is 41.0 Å². The number of benzene rings is 1. The Labute approximate surface area is 138 Å². The summed E-state index contributed by atoms with van der Waals surface area (Å²) in [5.74, 6) is 1.91. The van der Waals surface area contributed by atoms with E-state index in [1.54, 1.807) is 18.9 Å². The molecule has 0 radical (unpaired) electrons. The number of rotatable bonds is 3. The predicted octanol–water partition coefficient (Wildman–Crippen LogP) is 1.71. The van der Waals surface area contributed by atoms with Gasteiger partial charge in [-0.15, -0.1) is 0 Å². The second kappa shape index (κ2) is 5.63. The molecule has 2 aromatic rings. The van der Waals surface area contributed by atoms with Gasteiger partial charge in [-0.25, -0.2) is 0 Å². The smallest absolute Gasteiger partial charge is 0.248 e. The molecule has 24 heavy (non-hydrogen) atoms. The zero-order chi connectivity index (χ0) is 16.7. The highest BCUT2D eigenvalue weighted by Gasteiger charge is 2.36. The van der Waals surface area contributed by atoms with Crippen molar-refractivity contribution in [3.63, 3.8) is 0 Å². The number of nitrogens with one attached hydrogen (secondary N) is 1. The van der Waals surface area contributed by atoms with Crippen molar-refractivity contribution in [3.05, 3.63) is 35.0 Å². The normalized spacial score (nSPS) is 19.4. The minimum Gasteiger partial charge on any atom is -0.493 e. The van der Waals surface area contributed by atoms with Crippen LogP contribution in [0.1, 0.15) is 30.9 Å². The van der Waals surface area contributed by atoms with E-state index in [1.165, 1.54) is 0 Å². The fourth-order valence-corrected chi connectivity index (χ4v) is 3.35. The van der Waals surface area contributed by atoms with Crippen LogP contribution in [0.4, 0.5) is 5.95 Å². The van der Waals surface area contributed by atoms with Gasteiger partial charge in [0.05, 0.1) is 14.2 Å². The maximum atomic E-state index is 12.6. The van der Waals surface area contributed by atoms with Gasteiger partial charge in [-0.3, -0.25) is 4.79 Å². The number of Topliss-reactive ketones (excluding diaryl/α,β-unsaturated/α-hetero) is 1. The molecule has 0 fully saturated rings. The molecule has 4 rings (SSSR count). The average Bonchev–Trinajstić information content (AvgIpc) is 3.07. The summed E-state index contributed by atoms with van der Waals surface area (Å²) in [5.41, 5.74) is 2.52. The molecule has 1 aromatic carbocycles. The van der Waals surface area contributed by atoms with Crippen molar-refractivity contribution in [2.24, 2.45) is 0 Å². The van der Waals surface area contributed by atoms with E-state index in [-0.39, 0.29) is 11.8 Å². The third-order valence-electron chi connectivity index (χ3n) is 4.45. The highest BCUT2D eigenvalue weighted by Crippen LogP contribution is 2.41. The second-order valence-electron chi connectivity index (χ2n) is 5.76. The molecule has 124 valence electrons. The molecular formula is C16H17N5O3. The van der Waals surface area contributed by atoms with E-state index < -0.39 is 0 Å². The standard InChI is InChI=1S/C16H17N5O3/c1-23-12-7-6-9(8-13(12)24-2)15-14-10(4-3-5-11(14)22)17-16-18-19-20-21(15)16/h6-8,15H,3-5H2,1-2H3,(H,17,18,20)/t15-/m1/s1. The highest BCUT2D eigenvalue weighted by molar-refractivity contribution is 5.99. The van der Waals surface area contributed by atoms with E-state index in [4.69, 9.17) is 9.47 Å². The molecule has 8 nitrogen and oxygen atoms in total. The number of allylic oxidation sites excluding steroid dienone is 2. The lowest BCUT2D eigenvalue weighted by atomic mass is 9.85. The molecule has 1 aromatic heterocycles. The zero-order valence-corrected chi connectivity index (χ0v) is 13.4. The van der Waals surface area contributed by atoms with Crippen molar-refractivity contribution in [1.82, 2.24) is 20.2 Å². The van der Waals surface area contributed by atoms with Gasteiger partial charge in [0, 0.05) is 17.7 Å². The number of ether oxygens (including phenoxy) is 2. The monoisotopic (exact) mass is 327 g/mol. The van der Waals surface area contributed by atoms with Gasteiger partial charge < -0.3 is 14.8 Å². The van der Waals surface area contributed by atoms with Crippen LogP contribution >= 0.6 is 0 Å². The molecule has 2 aliphatic rings. The minimum absolute atomic E-state index is 0.129. The summed E-state index contributed by atoms with van der Waals surface area (Å²) in [4.78, 5) is 12.6. The molecule has 0 spiro atoms. The number of methoxy groups -OCH3 is 2. The van der Waals surface area contributed by atoms with Gasteiger partial charge in [0.15, 0.2) is 17.3 Å². The molecule has 2 heterocycles. The largest absolute Gasteiger partial charge is 0.493 e. The Morgan fingerprint density at radius 1 is 1.21 bits per heavy atom. The number of carbonyl (C=O) groups excluding carboxylic acids is 1. The predicted molar refractivity (Wildman–Crippen MR) is 85.0 cm³/mol. The van der Waals surface area contributed by atoms with E-state index in [1.807, 2.05) is 18.2 Å². The lowest BCUT2D eigenvalue weighted by Gasteiger charge is -2.31. The molecule has 0 saturated carbocycles. The van der Waals surface area contributed by atoms with E-state index in [2.05, 4.69) is 20.8 Å². The van der Waals surface area contributed by atoms with E-state index in [0.717, 1.165) is 29.7 Å². The molecule has 1 aliphatic carbocycles. The average molecular weight is 327 g/mol. The van der Waals surface area contributed by atoms with E-state index in [0.29, 0.717) is 23.9 Å². The Hall–Kier alpha value is -2.90. The first-order valence-electron chi connectivity index (χ1n) is 7.76. The van der Waals surface area contributed by atoms with Gasteiger partial charge in [0.25, 0.3) is 0 Å². The molecule has 1 N–H and O–H groups in total. The van der Waals surface area contributed by atoms with Crippen molar-refractivity contribution < 1.29 is 14.3 Å². The number of nitrogens with zero attached hydrogens (tertiary/aromatic N) is 4. The summed E-state index contributed by atoms with van der Waals surface area (Å²) >= 11 is 0. The van der Waals surface area contributed by atoms with Crippen LogP contribution in [0.15, 0.2) is 29.5 Å². The van der Waals surface area contributed by atoms with Crippen LogP contribution < -0.4 is 14.8 Å². The van der Waals surface area contributed by atoms with Crippen LogP contribution in [0.3, 0.4) is 0 Å². The summed E-state index contributed by atoms with van der Waals surface area (Å²) in [6.07, 6.45) is 2.20. The zero-order valence-electron chi connectivity index (χ0n) is 13.4. The third-order valence-corrected chi connectivity index (χ3v) is 4.45. The van der Waals surface area contributed by atoms with Gasteiger partial charge in [-0.1, -0.05) is 11.2 Å². The minimum atomic E-state index is -0.362. The van der Waals surface area contributed by atoms with Gasteiger partial charge >= 0.3 is 0 Å². The first-order chi connectivity index (χ1) is 11.7. The molecule has 0 bridgehead atoms. The first-order valence-corrected chi connectivity index (χ1v) is 7.76. The van der Waals surface area contributed by atoms with Crippen molar-refractivity contribution in [1.29, 1.82) is 0 Å². The second-order valence-corrected chi connectivity index (χ2v) is 5.76. The van der Waals surface area contributed by atoms with Crippen LogP contribution in [0.2, 0.25) is 0 Å². The van der Waals surface area contributed by atoms with Crippen molar-refractivity contribution >= 4 is 11.7 Å². The number of hydrogen-bond donors (Lipinski definition) is 1. The highest BCUT2D eigenvalue weighted by atomic mass is 16.5. The number of carbonyl (C=O) groups is 1. The van der Waals surface area contributed by atoms with E-state index in [9.17, 15) is 4.79 Å². The summed E-state index contributed by atoms with van der Waals surface area (Å²) in [6, 6.07) is 5.24. The quantitative estimate of drug-likeness (QED) is 0.917. The number of aromatic nitrogens is 4. The Bertz CT molecular complexity index is 842. The molecule has 0 amide bonds. The van der Waals surface area contributed by atoms with Gasteiger partial charge in [0.2, 0.25) is 5.95 Å². The molecule has 0 unspecified atom stereocenters. The van der Waals surface area contributed by atoms with Crippen LogP contribution in [0, 0.1) is 0 Å². The summed E-state index contributed by atoms with van der Waals surface area (Å²) in [5, 5.41) is 15.0. The Balaban J connectivity index is 1.89. The van der Waals surface area contributed by atoms with Crippen molar-refractivity contribution in [2.75, 3.05) is 19.5 Å². The number of hydrogen-bond acceptors (Lipinski definition) is 7. The van der Waals surface area contributed by atoms with E-state index >= 15 is 0 Å². The molecule has 0 saturated heterocycles. The molecule has 1 aliphatic heterocycles. The fourth-order valence-electron chi connectivity index (χ4n) is 3.35. The first kappa shape index (κ1) is 14.7. The summed E-state index contributed by atoms with van der Waals surface area (Å²) in [7, 11) is 3.18. The maximum Gasteiger partial charge on any atom is 0.248 e. The fraction of sp³-hybridized carbons (Fsp3) is 0.375. The number of anilines is 1. The van der Waals surface area contributed by atoms with Crippen LogP contribution in [-0.4, -0.2) is 40.2 Å². The van der Waals surface area contributed by atoms with Crippen molar-refractivity contribution in [3.8, 4) is 11.5 Å². The Morgan fingerprint density at radius 3 is 2.83 bits per heavy atom. The lowest BCUT2D eigenvalue weighted by molar-refractivity contribution is -0.116.